The van der Waals surface area contributed by atoms with Crippen LogP contribution in [0.5, 0.6) is 5.75 Å². The Labute approximate surface area is 118 Å². The van der Waals surface area contributed by atoms with Crippen molar-refractivity contribution in [1.82, 2.24) is 5.32 Å². The fourth-order valence-electron chi connectivity index (χ4n) is 1.90. The second-order valence-corrected chi connectivity index (χ2v) is 4.82. The molecule has 0 fully saturated rings. The molecule has 5 nitrogen and oxygen atoms in total. The number of nitrogens with one attached hydrogen (secondary N) is 2. The fraction of sp³-hybridized carbons (Fsp3) is 0.333. The molecule has 1 aliphatic heterocycles. The predicted octanol–water partition coefficient (Wildman–Crippen LogP) is 1.97. The zero-order valence-corrected chi connectivity index (χ0v) is 11.9. The summed E-state index contributed by atoms with van der Waals surface area (Å²) < 4.78 is 5.21. The molecule has 0 aliphatic carbocycles. The van der Waals surface area contributed by atoms with Gasteiger partial charge in [0, 0.05) is 11.6 Å². The van der Waals surface area contributed by atoms with Crippen molar-refractivity contribution in [2.24, 2.45) is 4.99 Å². The number of aliphatic imine (C=N–C) groups is 1. The summed E-state index contributed by atoms with van der Waals surface area (Å²) in [7, 11) is 1.58. The van der Waals surface area contributed by atoms with E-state index in [1.54, 1.807) is 25.3 Å². The summed E-state index contributed by atoms with van der Waals surface area (Å²) in [6, 6.07) is 7.61. The van der Waals surface area contributed by atoms with E-state index >= 15 is 0 Å². The number of hydrogen-bond donors (Lipinski definition) is 2. The van der Waals surface area contributed by atoms with E-state index < -0.39 is 0 Å². The first-order chi connectivity index (χ1) is 9.60. The highest BCUT2D eigenvalue weighted by Gasteiger charge is 2.17. The standard InChI is InChI=1S/C15H19N3O2/c1-10(2)17-14-8-11(9-16-14)15(19)18-12-6-4-5-7-13(12)20-3/h4-8,10H,9H2,1-3H3,(H,16,17)(H,18,19). The average Bonchev–Trinajstić information content (AvgIpc) is 2.87. The van der Waals surface area contributed by atoms with Crippen molar-refractivity contribution in [1.29, 1.82) is 0 Å². The average molecular weight is 273 g/mol. The molecule has 106 valence electrons. The van der Waals surface area contributed by atoms with Crippen LogP contribution in [0.1, 0.15) is 13.8 Å². The lowest BCUT2D eigenvalue weighted by molar-refractivity contribution is -0.112. The van der Waals surface area contributed by atoms with E-state index in [0.29, 0.717) is 29.6 Å². The van der Waals surface area contributed by atoms with Gasteiger partial charge in [-0.25, -0.2) is 0 Å². The number of rotatable bonds is 4. The van der Waals surface area contributed by atoms with Crippen molar-refractivity contribution in [3.63, 3.8) is 0 Å². The Kier molecular flexibility index (Phi) is 4.40. The molecule has 0 saturated heterocycles. The van der Waals surface area contributed by atoms with Crippen molar-refractivity contribution in [2.75, 3.05) is 19.0 Å². The summed E-state index contributed by atoms with van der Waals surface area (Å²) in [5.74, 6) is 1.24. The molecule has 1 heterocycles. The van der Waals surface area contributed by atoms with Crippen LogP contribution in [-0.4, -0.2) is 31.4 Å². The van der Waals surface area contributed by atoms with Crippen LogP contribution in [0.2, 0.25) is 0 Å². The van der Waals surface area contributed by atoms with E-state index in [-0.39, 0.29) is 5.91 Å². The topological polar surface area (TPSA) is 62.7 Å². The summed E-state index contributed by atoms with van der Waals surface area (Å²) in [5, 5.41) is 6.03. The van der Waals surface area contributed by atoms with E-state index in [1.807, 2.05) is 26.0 Å². The Bertz CT molecular complexity index is 562. The maximum atomic E-state index is 12.2. The van der Waals surface area contributed by atoms with Crippen molar-refractivity contribution in [3.05, 3.63) is 35.9 Å². The molecule has 2 rings (SSSR count). The third-order valence-corrected chi connectivity index (χ3v) is 2.81. The Balaban J connectivity index is 2.03. The number of amidine groups is 1. The maximum absolute atomic E-state index is 12.2. The highest BCUT2D eigenvalue weighted by molar-refractivity contribution is 6.11. The number of hydrogen-bond acceptors (Lipinski definition) is 4. The highest BCUT2D eigenvalue weighted by Crippen LogP contribution is 2.23. The first-order valence-electron chi connectivity index (χ1n) is 6.56. The molecule has 2 N–H and O–H groups in total. The van der Waals surface area contributed by atoms with E-state index in [0.717, 1.165) is 5.84 Å². The predicted molar refractivity (Wildman–Crippen MR) is 80.3 cm³/mol. The lowest BCUT2D eigenvalue weighted by atomic mass is 10.2. The zero-order chi connectivity index (χ0) is 14.5. The monoisotopic (exact) mass is 273 g/mol. The molecule has 1 aromatic rings. The van der Waals surface area contributed by atoms with Crippen LogP contribution in [0.25, 0.3) is 0 Å². The molecule has 20 heavy (non-hydrogen) atoms. The van der Waals surface area contributed by atoms with Crippen LogP contribution in [0.4, 0.5) is 5.69 Å². The van der Waals surface area contributed by atoms with Crippen molar-refractivity contribution in [2.45, 2.75) is 19.9 Å². The normalized spacial score (nSPS) is 13.8. The maximum Gasteiger partial charge on any atom is 0.253 e. The molecular formula is C15H19N3O2. The molecular weight excluding hydrogens is 254 g/mol. The van der Waals surface area contributed by atoms with Crippen LogP contribution in [0, 0.1) is 0 Å². The van der Waals surface area contributed by atoms with Gasteiger partial charge in [0.25, 0.3) is 5.91 Å². The summed E-state index contributed by atoms with van der Waals surface area (Å²) in [4.78, 5) is 16.5. The van der Waals surface area contributed by atoms with Gasteiger partial charge in [-0.3, -0.25) is 9.79 Å². The number of ether oxygens (including phenoxy) is 1. The van der Waals surface area contributed by atoms with Crippen molar-refractivity contribution in [3.8, 4) is 5.75 Å². The number of benzene rings is 1. The number of anilines is 1. The number of methoxy groups -OCH3 is 1. The zero-order valence-electron chi connectivity index (χ0n) is 11.9. The quantitative estimate of drug-likeness (QED) is 0.881. The Morgan fingerprint density at radius 1 is 1.35 bits per heavy atom. The molecule has 1 aromatic carbocycles. The van der Waals surface area contributed by atoms with Gasteiger partial charge in [-0.15, -0.1) is 0 Å². The summed E-state index contributed by atoms with van der Waals surface area (Å²) in [6.45, 7) is 4.46. The first-order valence-corrected chi connectivity index (χ1v) is 6.56. The third-order valence-electron chi connectivity index (χ3n) is 2.81. The molecule has 0 unspecified atom stereocenters. The van der Waals surface area contributed by atoms with Gasteiger partial charge in [0.15, 0.2) is 0 Å². The SMILES string of the molecule is COc1ccccc1NC(=O)C1=CC(NC(C)C)=NC1. The summed E-state index contributed by atoms with van der Waals surface area (Å²) in [5.41, 5.74) is 1.30. The molecule has 1 aliphatic rings. The Morgan fingerprint density at radius 3 is 2.80 bits per heavy atom. The molecule has 0 spiro atoms. The van der Waals surface area contributed by atoms with Crippen LogP contribution in [0.3, 0.4) is 0 Å². The van der Waals surface area contributed by atoms with Gasteiger partial charge in [-0.1, -0.05) is 12.1 Å². The molecule has 0 aromatic heterocycles. The van der Waals surface area contributed by atoms with E-state index in [1.165, 1.54) is 0 Å². The summed E-state index contributed by atoms with van der Waals surface area (Å²) in [6.07, 6.45) is 1.78. The second-order valence-electron chi connectivity index (χ2n) is 4.82. The van der Waals surface area contributed by atoms with Crippen LogP contribution < -0.4 is 15.4 Å². The minimum atomic E-state index is -0.154. The molecule has 0 saturated carbocycles. The molecule has 0 bridgehead atoms. The van der Waals surface area contributed by atoms with Crippen molar-refractivity contribution >= 4 is 17.4 Å². The van der Waals surface area contributed by atoms with Gasteiger partial charge in [0.05, 0.1) is 19.3 Å². The minimum Gasteiger partial charge on any atom is -0.495 e. The second kappa shape index (κ2) is 6.23. The minimum absolute atomic E-state index is 0.154. The lowest BCUT2D eigenvalue weighted by Gasteiger charge is -2.09. The highest BCUT2D eigenvalue weighted by atomic mass is 16.5. The van der Waals surface area contributed by atoms with Crippen LogP contribution in [-0.2, 0) is 4.79 Å². The molecule has 1 amide bonds. The first kappa shape index (κ1) is 14.1. The Hall–Kier alpha value is -2.30. The smallest absolute Gasteiger partial charge is 0.253 e. The number of amides is 1. The Morgan fingerprint density at radius 2 is 2.10 bits per heavy atom. The van der Waals surface area contributed by atoms with Gasteiger partial charge in [-0.05, 0) is 32.1 Å². The van der Waals surface area contributed by atoms with Gasteiger partial charge < -0.3 is 15.4 Å². The molecule has 0 atom stereocenters. The van der Waals surface area contributed by atoms with Gasteiger partial charge in [0.2, 0.25) is 0 Å². The number of nitrogens with zero attached hydrogens (tertiary/aromatic N) is 1. The fourth-order valence-corrected chi connectivity index (χ4v) is 1.90. The molecule has 5 heteroatoms. The van der Waals surface area contributed by atoms with Gasteiger partial charge in [0.1, 0.15) is 11.6 Å². The molecule has 0 radical (unpaired) electrons. The van der Waals surface area contributed by atoms with Crippen molar-refractivity contribution < 1.29 is 9.53 Å². The third kappa shape index (κ3) is 3.38. The van der Waals surface area contributed by atoms with Gasteiger partial charge >= 0.3 is 0 Å². The lowest BCUT2D eigenvalue weighted by Crippen LogP contribution is -2.28. The van der Waals surface area contributed by atoms with E-state index in [2.05, 4.69) is 15.6 Å². The van der Waals surface area contributed by atoms with E-state index in [4.69, 9.17) is 4.74 Å². The van der Waals surface area contributed by atoms with E-state index in [9.17, 15) is 4.79 Å². The number of para-hydroxylation sites is 2. The van der Waals surface area contributed by atoms with Crippen LogP contribution >= 0.6 is 0 Å². The number of carbonyl (C=O) groups is 1. The largest absolute Gasteiger partial charge is 0.495 e. The van der Waals surface area contributed by atoms with Gasteiger partial charge in [-0.2, -0.15) is 0 Å². The van der Waals surface area contributed by atoms with Crippen LogP contribution in [0.15, 0.2) is 40.9 Å². The summed E-state index contributed by atoms with van der Waals surface area (Å²) >= 11 is 0. The number of carbonyl (C=O) groups excluding carboxylic acids is 1.